The fourth-order valence-electron chi connectivity index (χ4n) is 4.45. The smallest absolute Gasteiger partial charge is 0.416 e. The molecule has 5 aromatic carbocycles. The number of alkyl halides is 3. The largest absolute Gasteiger partial charge is 0.489 e. The zero-order valence-corrected chi connectivity index (χ0v) is 23.9. The van der Waals surface area contributed by atoms with Gasteiger partial charge in [0.2, 0.25) is 0 Å². The molecule has 0 aliphatic heterocycles. The molecule has 0 saturated heterocycles. The lowest BCUT2D eigenvalue weighted by Gasteiger charge is -2.24. The van der Waals surface area contributed by atoms with Gasteiger partial charge in [-0.15, -0.1) is 0 Å². The van der Waals surface area contributed by atoms with Crippen molar-refractivity contribution in [2.75, 3.05) is 10.8 Å². The van der Waals surface area contributed by atoms with E-state index in [1.165, 1.54) is 36.5 Å². The summed E-state index contributed by atoms with van der Waals surface area (Å²) in [4.78, 5) is 12.6. The lowest BCUT2D eigenvalue weighted by molar-refractivity contribution is -0.137. The van der Waals surface area contributed by atoms with Crippen LogP contribution in [0.25, 0.3) is 10.8 Å². The molecule has 1 N–H and O–H groups in total. The van der Waals surface area contributed by atoms with E-state index in [4.69, 9.17) is 4.74 Å². The Morgan fingerprint density at radius 3 is 2.27 bits per heavy atom. The fourth-order valence-corrected chi connectivity index (χ4v) is 5.88. The van der Waals surface area contributed by atoms with Crippen molar-refractivity contribution in [2.24, 2.45) is 5.10 Å². The second-order valence-electron chi connectivity index (χ2n) is 9.66. The molecule has 0 fully saturated rings. The average Bonchev–Trinajstić information content (AvgIpc) is 3.03. The van der Waals surface area contributed by atoms with Gasteiger partial charge in [0, 0.05) is 0 Å². The van der Waals surface area contributed by atoms with E-state index in [-0.39, 0.29) is 10.6 Å². The van der Waals surface area contributed by atoms with Gasteiger partial charge in [0.05, 0.1) is 22.4 Å². The van der Waals surface area contributed by atoms with Gasteiger partial charge in [0.25, 0.3) is 15.9 Å². The van der Waals surface area contributed by atoms with Gasteiger partial charge >= 0.3 is 6.18 Å². The summed E-state index contributed by atoms with van der Waals surface area (Å²) in [6, 6.07) is 31.9. The number of ether oxygens (including phenoxy) is 1. The lowest BCUT2D eigenvalue weighted by atomic mass is 10.1. The highest BCUT2D eigenvalue weighted by Gasteiger charge is 2.33. The van der Waals surface area contributed by atoms with Crippen LogP contribution in [0.2, 0.25) is 0 Å². The molecule has 0 aliphatic rings. The van der Waals surface area contributed by atoms with Crippen molar-refractivity contribution < 1.29 is 31.1 Å². The second-order valence-corrected chi connectivity index (χ2v) is 11.5. The number of carbonyl (C=O) groups is 1. The molecule has 0 bridgehead atoms. The van der Waals surface area contributed by atoms with E-state index in [0.29, 0.717) is 28.3 Å². The van der Waals surface area contributed by atoms with E-state index in [1.807, 2.05) is 42.5 Å². The van der Waals surface area contributed by atoms with Gasteiger partial charge in [0.1, 0.15) is 18.9 Å². The molecule has 0 saturated carbocycles. The highest BCUT2D eigenvalue weighted by atomic mass is 32.2. The Kier molecular flexibility index (Phi) is 8.96. The minimum absolute atomic E-state index is 0.184. The predicted octanol–water partition coefficient (Wildman–Crippen LogP) is 6.78. The van der Waals surface area contributed by atoms with E-state index in [1.54, 1.807) is 30.3 Å². The topological polar surface area (TPSA) is 88.1 Å². The van der Waals surface area contributed by atoms with Crippen molar-refractivity contribution in [3.63, 3.8) is 0 Å². The molecule has 0 aromatic heterocycles. The quantitative estimate of drug-likeness (QED) is 0.138. The van der Waals surface area contributed by atoms with Gasteiger partial charge < -0.3 is 4.74 Å². The maximum Gasteiger partial charge on any atom is 0.416 e. The molecular weight excluding hydrogens is 591 g/mol. The number of hydrazone groups is 1. The molecular formula is C33H26F3N3O4S. The minimum atomic E-state index is -4.71. The molecule has 0 heterocycles. The number of anilines is 1. The second kappa shape index (κ2) is 13.0. The van der Waals surface area contributed by atoms with Crippen LogP contribution in [0.15, 0.2) is 131 Å². The summed E-state index contributed by atoms with van der Waals surface area (Å²) < 4.78 is 73.4. The number of amides is 1. The molecule has 44 heavy (non-hydrogen) atoms. The number of sulfonamides is 1. The summed E-state index contributed by atoms with van der Waals surface area (Å²) in [5.41, 5.74) is 2.55. The van der Waals surface area contributed by atoms with Crippen LogP contribution in [0, 0.1) is 0 Å². The number of hydrogen-bond donors (Lipinski definition) is 1. The third-order valence-corrected chi connectivity index (χ3v) is 8.43. The van der Waals surface area contributed by atoms with Gasteiger partial charge in [-0.3, -0.25) is 9.10 Å². The van der Waals surface area contributed by atoms with E-state index >= 15 is 0 Å². The maximum atomic E-state index is 13.4. The van der Waals surface area contributed by atoms with Crippen LogP contribution in [0.3, 0.4) is 0 Å². The SMILES string of the molecule is O=C(CN(c1cccc(C(F)(F)F)c1)S(=O)(=O)c1ccccc1)N/N=C\c1ccc(OCc2cccc3ccccc23)cc1. The third-order valence-electron chi connectivity index (χ3n) is 6.64. The van der Waals surface area contributed by atoms with Crippen molar-refractivity contribution >= 4 is 38.6 Å². The van der Waals surface area contributed by atoms with Gasteiger partial charge in [0.15, 0.2) is 0 Å². The van der Waals surface area contributed by atoms with Crippen molar-refractivity contribution in [3.8, 4) is 5.75 Å². The molecule has 1 amide bonds. The molecule has 0 aliphatic carbocycles. The molecule has 0 atom stereocenters. The molecule has 224 valence electrons. The number of hydrogen-bond acceptors (Lipinski definition) is 5. The molecule has 0 spiro atoms. The van der Waals surface area contributed by atoms with Crippen molar-refractivity contribution in [1.29, 1.82) is 0 Å². The Labute approximate surface area is 252 Å². The van der Waals surface area contributed by atoms with E-state index in [9.17, 15) is 26.4 Å². The Morgan fingerprint density at radius 1 is 0.841 bits per heavy atom. The monoisotopic (exact) mass is 617 g/mol. The maximum absolute atomic E-state index is 13.4. The van der Waals surface area contributed by atoms with Crippen molar-refractivity contribution in [3.05, 3.63) is 138 Å². The lowest BCUT2D eigenvalue weighted by Crippen LogP contribution is -2.39. The first kappa shape index (κ1) is 30.3. The minimum Gasteiger partial charge on any atom is -0.489 e. The number of halogens is 3. The number of fused-ring (bicyclic) bond motifs is 1. The molecule has 5 rings (SSSR count). The number of benzene rings is 5. The van der Waals surface area contributed by atoms with Crippen LogP contribution in [0.5, 0.6) is 5.75 Å². The summed E-state index contributed by atoms with van der Waals surface area (Å²) in [6.45, 7) is -0.435. The van der Waals surface area contributed by atoms with E-state index < -0.39 is 34.2 Å². The zero-order chi connectivity index (χ0) is 31.2. The Balaban J connectivity index is 1.25. The van der Waals surface area contributed by atoms with Gasteiger partial charge in [-0.1, -0.05) is 66.7 Å². The molecule has 5 aromatic rings. The van der Waals surface area contributed by atoms with E-state index in [0.717, 1.165) is 28.5 Å². The first-order valence-electron chi connectivity index (χ1n) is 13.4. The molecule has 7 nitrogen and oxygen atoms in total. The van der Waals surface area contributed by atoms with Gasteiger partial charge in [-0.2, -0.15) is 18.3 Å². The summed E-state index contributed by atoms with van der Waals surface area (Å²) in [5.74, 6) is -0.227. The number of nitrogens with zero attached hydrogens (tertiary/aromatic N) is 2. The summed E-state index contributed by atoms with van der Waals surface area (Å²) in [5, 5.41) is 6.12. The van der Waals surface area contributed by atoms with E-state index in [2.05, 4.69) is 10.5 Å². The van der Waals surface area contributed by atoms with Crippen LogP contribution >= 0.6 is 0 Å². The van der Waals surface area contributed by atoms with Crippen LogP contribution in [0.4, 0.5) is 18.9 Å². The number of carbonyl (C=O) groups excluding carboxylic acids is 1. The normalized spacial score (nSPS) is 11.9. The third kappa shape index (κ3) is 7.24. The van der Waals surface area contributed by atoms with Crippen molar-refractivity contribution in [2.45, 2.75) is 17.7 Å². The Hall–Kier alpha value is -5.16. The molecule has 11 heteroatoms. The average molecular weight is 618 g/mol. The first-order chi connectivity index (χ1) is 21.1. The first-order valence-corrected chi connectivity index (χ1v) is 14.8. The van der Waals surface area contributed by atoms with Gasteiger partial charge in [-0.25, -0.2) is 13.8 Å². The number of nitrogens with one attached hydrogen (secondary N) is 1. The Bertz CT molecular complexity index is 1890. The standard InChI is InChI=1S/C33H26F3N3O4S/c34-33(35,36)27-11-7-12-28(20-27)39(44(41,42)30-13-2-1-3-14-30)22-32(40)38-37-21-24-16-18-29(19-17-24)43-23-26-10-6-9-25-8-4-5-15-31(25)26/h1-21H,22-23H2,(H,38,40)/b37-21-. The number of rotatable bonds is 10. The van der Waals surface area contributed by atoms with Crippen LogP contribution in [-0.2, 0) is 27.6 Å². The summed E-state index contributed by atoms with van der Waals surface area (Å²) >= 11 is 0. The highest BCUT2D eigenvalue weighted by Crippen LogP contribution is 2.33. The summed E-state index contributed by atoms with van der Waals surface area (Å²) in [6.07, 6.45) is -3.35. The molecule has 0 unspecified atom stereocenters. The Morgan fingerprint density at radius 2 is 1.52 bits per heavy atom. The van der Waals surface area contributed by atoms with Crippen LogP contribution in [-0.4, -0.2) is 27.1 Å². The van der Waals surface area contributed by atoms with Crippen LogP contribution < -0.4 is 14.5 Å². The van der Waals surface area contributed by atoms with Gasteiger partial charge in [-0.05, 0) is 76.5 Å². The fraction of sp³-hybridized carbons (Fsp3) is 0.0909. The van der Waals surface area contributed by atoms with Crippen molar-refractivity contribution in [1.82, 2.24) is 5.43 Å². The highest BCUT2D eigenvalue weighted by molar-refractivity contribution is 7.92. The molecule has 0 radical (unpaired) electrons. The summed E-state index contributed by atoms with van der Waals surface area (Å²) in [7, 11) is -4.39. The van der Waals surface area contributed by atoms with Crippen LogP contribution in [0.1, 0.15) is 16.7 Å². The predicted molar refractivity (Wildman–Crippen MR) is 163 cm³/mol. The zero-order valence-electron chi connectivity index (χ0n) is 23.1.